The van der Waals surface area contributed by atoms with Crippen molar-refractivity contribution in [2.45, 2.75) is 10.9 Å². The zero-order valence-corrected chi connectivity index (χ0v) is 23.1. The van der Waals surface area contributed by atoms with Crippen LogP contribution in [0.5, 0.6) is 11.5 Å². The molecule has 8 nitrogen and oxygen atoms in total. The molecular formula is C27H28Cl2N4O4S. The number of fused-ring (bicyclic) bond motifs is 1. The molecule has 2 aliphatic heterocycles. The Morgan fingerprint density at radius 2 is 1.68 bits per heavy atom. The van der Waals surface area contributed by atoms with Gasteiger partial charge in [-0.05, 0) is 61.6 Å². The van der Waals surface area contributed by atoms with E-state index in [1.165, 1.54) is 24.3 Å². The van der Waals surface area contributed by atoms with Gasteiger partial charge in [-0.2, -0.15) is 0 Å². The fraction of sp³-hybridized carbons (Fsp3) is 0.296. The van der Waals surface area contributed by atoms with Crippen LogP contribution >= 0.6 is 23.2 Å². The van der Waals surface area contributed by atoms with Gasteiger partial charge in [0.25, 0.3) is 15.9 Å². The molecule has 2 heterocycles. The summed E-state index contributed by atoms with van der Waals surface area (Å²) in [5.74, 6) is 0.654. The lowest BCUT2D eigenvalue weighted by Crippen LogP contribution is -2.62. The van der Waals surface area contributed by atoms with Gasteiger partial charge in [0.1, 0.15) is 11.5 Å². The molecule has 5 rings (SSSR count). The molecule has 1 N–H and O–H groups in total. The normalized spacial score (nSPS) is 18.6. The molecule has 0 saturated carbocycles. The van der Waals surface area contributed by atoms with E-state index in [1.807, 2.05) is 0 Å². The molecule has 0 aromatic heterocycles. The summed E-state index contributed by atoms with van der Waals surface area (Å²) < 4.78 is 34.8. The Balaban J connectivity index is 1.33. The number of benzene rings is 3. The highest BCUT2D eigenvalue weighted by Crippen LogP contribution is 2.30. The summed E-state index contributed by atoms with van der Waals surface area (Å²) in [7, 11) is -1.92. The first-order valence-corrected chi connectivity index (χ1v) is 14.5. The first kappa shape index (κ1) is 26.8. The molecule has 2 saturated heterocycles. The van der Waals surface area contributed by atoms with Crippen molar-refractivity contribution in [1.82, 2.24) is 14.7 Å². The van der Waals surface area contributed by atoms with Crippen LogP contribution in [-0.4, -0.2) is 81.4 Å². The van der Waals surface area contributed by atoms with Gasteiger partial charge in [-0.3, -0.25) is 14.4 Å². The summed E-state index contributed by atoms with van der Waals surface area (Å²) in [6, 6.07) is 17.8. The van der Waals surface area contributed by atoms with E-state index >= 15 is 0 Å². The standard InChI is InChI=1S/C27H28Cl2N4O4S/c1-31-12-13-32-14-15-33(18-20(32)17-31)27(34)23-16-19(28)6-11-25(23)30-38(35,36)22-9-7-21(8-10-22)37-26-5-3-2-4-24(26)29/h2-11,16,20,30H,12-15,17-18H2,1H3/t20-/m1/s1. The van der Waals surface area contributed by atoms with Crippen LogP contribution in [0.1, 0.15) is 10.4 Å². The number of halogens is 2. The fourth-order valence-corrected chi connectivity index (χ4v) is 6.22. The minimum atomic E-state index is -4.00. The van der Waals surface area contributed by atoms with Crippen molar-refractivity contribution in [3.63, 3.8) is 0 Å². The number of ether oxygens (including phenoxy) is 1. The third-order valence-electron chi connectivity index (χ3n) is 6.84. The van der Waals surface area contributed by atoms with Gasteiger partial charge in [-0.25, -0.2) is 8.42 Å². The maximum absolute atomic E-state index is 13.6. The number of likely N-dealkylation sites (N-methyl/N-ethyl adjacent to an activating group) is 1. The zero-order chi connectivity index (χ0) is 26.9. The Morgan fingerprint density at radius 1 is 0.947 bits per heavy atom. The molecule has 2 aliphatic rings. The second kappa shape index (κ2) is 11.1. The highest BCUT2D eigenvalue weighted by atomic mass is 35.5. The van der Waals surface area contributed by atoms with Crippen molar-refractivity contribution in [2.24, 2.45) is 0 Å². The minimum Gasteiger partial charge on any atom is -0.456 e. The number of rotatable bonds is 6. The van der Waals surface area contributed by atoms with Gasteiger partial charge in [0.15, 0.2) is 0 Å². The van der Waals surface area contributed by atoms with Crippen LogP contribution in [0.2, 0.25) is 10.0 Å². The van der Waals surface area contributed by atoms with Crippen LogP contribution in [-0.2, 0) is 10.0 Å². The van der Waals surface area contributed by atoms with E-state index in [4.69, 9.17) is 27.9 Å². The quantitative estimate of drug-likeness (QED) is 0.461. The van der Waals surface area contributed by atoms with E-state index < -0.39 is 10.0 Å². The number of hydrogen-bond donors (Lipinski definition) is 1. The molecular weight excluding hydrogens is 547 g/mol. The monoisotopic (exact) mass is 574 g/mol. The molecule has 1 atom stereocenters. The largest absolute Gasteiger partial charge is 0.456 e. The predicted octanol–water partition coefficient (Wildman–Crippen LogP) is 4.66. The molecule has 0 bridgehead atoms. The Labute approximate surface area is 232 Å². The third kappa shape index (κ3) is 5.92. The molecule has 3 aromatic rings. The summed E-state index contributed by atoms with van der Waals surface area (Å²) in [4.78, 5) is 20.0. The molecule has 1 amide bonds. The molecule has 200 valence electrons. The van der Waals surface area contributed by atoms with Crippen LogP contribution in [0.15, 0.2) is 71.6 Å². The van der Waals surface area contributed by atoms with Crippen molar-refractivity contribution in [3.8, 4) is 11.5 Å². The Morgan fingerprint density at radius 3 is 2.45 bits per heavy atom. The number of piperazine rings is 2. The van der Waals surface area contributed by atoms with E-state index in [0.717, 1.165) is 26.2 Å². The van der Waals surface area contributed by atoms with E-state index in [-0.39, 0.29) is 28.1 Å². The lowest BCUT2D eigenvalue weighted by Gasteiger charge is -2.46. The molecule has 0 radical (unpaired) electrons. The van der Waals surface area contributed by atoms with Crippen molar-refractivity contribution < 1.29 is 17.9 Å². The molecule has 0 aliphatic carbocycles. The Bertz CT molecular complexity index is 1440. The molecule has 0 unspecified atom stereocenters. The average molecular weight is 576 g/mol. The summed E-state index contributed by atoms with van der Waals surface area (Å²) in [6.45, 7) is 4.81. The first-order chi connectivity index (χ1) is 18.2. The lowest BCUT2D eigenvalue weighted by atomic mass is 10.1. The fourth-order valence-electron chi connectivity index (χ4n) is 4.79. The van der Waals surface area contributed by atoms with Crippen molar-refractivity contribution >= 4 is 44.8 Å². The number of nitrogens with one attached hydrogen (secondary N) is 1. The van der Waals surface area contributed by atoms with Crippen LogP contribution in [0.4, 0.5) is 5.69 Å². The number of nitrogens with zero attached hydrogens (tertiary/aromatic N) is 3. The van der Waals surface area contributed by atoms with Crippen LogP contribution in [0.25, 0.3) is 0 Å². The summed E-state index contributed by atoms with van der Waals surface area (Å²) in [6.07, 6.45) is 0. The summed E-state index contributed by atoms with van der Waals surface area (Å²) in [5, 5.41) is 0.802. The van der Waals surface area contributed by atoms with E-state index in [1.54, 1.807) is 47.4 Å². The number of hydrogen-bond acceptors (Lipinski definition) is 6. The van der Waals surface area contributed by atoms with E-state index in [2.05, 4.69) is 21.6 Å². The summed E-state index contributed by atoms with van der Waals surface area (Å²) in [5.41, 5.74) is 0.399. The third-order valence-corrected chi connectivity index (χ3v) is 8.77. The van der Waals surface area contributed by atoms with Gasteiger partial charge in [-0.15, -0.1) is 0 Å². The van der Waals surface area contributed by atoms with Crippen molar-refractivity contribution in [1.29, 1.82) is 0 Å². The number of para-hydroxylation sites is 1. The maximum Gasteiger partial charge on any atom is 0.261 e. The van der Waals surface area contributed by atoms with Crippen molar-refractivity contribution in [3.05, 3.63) is 82.3 Å². The smallest absolute Gasteiger partial charge is 0.261 e. The molecule has 38 heavy (non-hydrogen) atoms. The second-order valence-electron chi connectivity index (χ2n) is 9.50. The Kier molecular flexibility index (Phi) is 7.83. The average Bonchev–Trinajstić information content (AvgIpc) is 2.90. The van der Waals surface area contributed by atoms with Crippen molar-refractivity contribution in [2.75, 3.05) is 51.0 Å². The number of carbonyl (C=O) groups excluding carboxylic acids is 1. The topological polar surface area (TPSA) is 82.2 Å². The van der Waals surface area contributed by atoms with Gasteiger partial charge in [0.2, 0.25) is 0 Å². The van der Waals surface area contributed by atoms with Crippen LogP contribution in [0.3, 0.4) is 0 Å². The van der Waals surface area contributed by atoms with Gasteiger partial charge in [0.05, 0.1) is 21.2 Å². The lowest BCUT2D eigenvalue weighted by molar-refractivity contribution is 0.0190. The first-order valence-electron chi connectivity index (χ1n) is 12.3. The molecule has 2 fully saturated rings. The van der Waals surface area contributed by atoms with Crippen LogP contribution in [0, 0.1) is 0 Å². The van der Waals surface area contributed by atoms with Gasteiger partial charge >= 0.3 is 0 Å². The second-order valence-corrected chi connectivity index (χ2v) is 12.0. The highest BCUT2D eigenvalue weighted by Gasteiger charge is 2.34. The highest BCUT2D eigenvalue weighted by molar-refractivity contribution is 7.92. The van der Waals surface area contributed by atoms with Crippen LogP contribution < -0.4 is 9.46 Å². The number of sulfonamides is 1. The van der Waals surface area contributed by atoms with Gasteiger partial charge in [0, 0.05) is 50.3 Å². The summed E-state index contributed by atoms with van der Waals surface area (Å²) >= 11 is 12.4. The zero-order valence-electron chi connectivity index (χ0n) is 20.8. The maximum atomic E-state index is 13.6. The van der Waals surface area contributed by atoms with E-state index in [9.17, 15) is 13.2 Å². The predicted molar refractivity (Wildman–Crippen MR) is 149 cm³/mol. The number of carbonyl (C=O) groups is 1. The van der Waals surface area contributed by atoms with E-state index in [0.29, 0.717) is 34.6 Å². The SMILES string of the molecule is CN1CCN2CCN(C(=O)c3cc(Cl)ccc3NS(=O)(=O)c3ccc(Oc4ccccc4Cl)cc3)C[C@H]2C1. The molecule has 3 aromatic carbocycles. The van der Waals surface area contributed by atoms with Gasteiger partial charge in [-0.1, -0.05) is 35.3 Å². The Hall–Kier alpha value is -2.82. The molecule has 11 heteroatoms. The number of anilines is 1. The number of amides is 1. The molecule has 0 spiro atoms. The van der Waals surface area contributed by atoms with Gasteiger partial charge < -0.3 is 14.5 Å². The minimum absolute atomic E-state index is 0.0243.